The molecule has 170 valence electrons. The Labute approximate surface area is 187 Å². The minimum Gasteiger partial charge on any atom is -0.396 e. The molecule has 1 aromatic carbocycles. The van der Waals surface area contributed by atoms with Gasteiger partial charge in [0.25, 0.3) is 5.91 Å². The number of fused-ring (bicyclic) bond motifs is 1. The van der Waals surface area contributed by atoms with Gasteiger partial charge in [0, 0.05) is 37.3 Å². The Bertz CT molecular complexity index is 1090. The predicted octanol–water partition coefficient (Wildman–Crippen LogP) is 3.61. The van der Waals surface area contributed by atoms with Gasteiger partial charge in [-0.3, -0.25) is 4.79 Å². The number of likely N-dealkylation sites (tertiary alicyclic amines) is 1. The number of amides is 1. The lowest BCUT2D eigenvalue weighted by atomic mass is 9.74. The number of rotatable bonds is 3. The minimum absolute atomic E-state index is 0.0579. The van der Waals surface area contributed by atoms with Gasteiger partial charge in [-0.1, -0.05) is 0 Å². The molecule has 0 unspecified atom stereocenters. The highest BCUT2D eigenvalue weighted by molar-refractivity contribution is 7.13. The zero-order chi connectivity index (χ0) is 23.3. The molecule has 0 saturated carbocycles. The van der Waals surface area contributed by atoms with Gasteiger partial charge < -0.3 is 14.9 Å². The normalized spacial score (nSPS) is 23.2. The number of aliphatic hydroxyl groups is 1. The first-order chi connectivity index (χ1) is 15.1. The van der Waals surface area contributed by atoms with Gasteiger partial charge in [-0.05, 0) is 44.4 Å². The molecule has 2 fully saturated rings. The van der Waals surface area contributed by atoms with E-state index in [1.165, 1.54) is 23.5 Å². The van der Waals surface area contributed by atoms with E-state index in [1.807, 2.05) is 11.8 Å². The average molecular weight is 465 g/mol. The Morgan fingerprint density at radius 1 is 1.38 bits per heavy atom. The number of alkyl halides is 3. The number of thiazole rings is 1. The Balaban J connectivity index is 1.59. The molecule has 1 N–H and O–H groups in total. The van der Waals surface area contributed by atoms with Crippen molar-refractivity contribution >= 4 is 22.9 Å². The zero-order valence-corrected chi connectivity index (χ0v) is 18.6. The maximum Gasteiger partial charge on any atom is 0.417 e. The van der Waals surface area contributed by atoms with Gasteiger partial charge in [0.05, 0.1) is 34.5 Å². The molecule has 0 spiro atoms. The van der Waals surface area contributed by atoms with Crippen LogP contribution < -0.4 is 4.90 Å². The molecular weight excluding hydrogens is 441 g/mol. The third kappa shape index (κ3) is 3.84. The van der Waals surface area contributed by atoms with Crippen molar-refractivity contribution < 1.29 is 23.1 Å². The third-order valence-electron chi connectivity index (χ3n) is 6.56. The van der Waals surface area contributed by atoms with E-state index < -0.39 is 22.7 Å². The number of nitrogens with zero attached hydrogens (tertiary/aromatic N) is 4. The smallest absolute Gasteiger partial charge is 0.396 e. The molecule has 4 rings (SSSR count). The van der Waals surface area contributed by atoms with E-state index in [4.69, 9.17) is 5.26 Å². The van der Waals surface area contributed by atoms with Gasteiger partial charge in [-0.2, -0.15) is 18.4 Å². The molecule has 2 atom stereocenters. The average Bonchev–Trinajstić information content (AvgIpc) is 3.31. The van der Waals surface area contributed by atoms with E-state index in [0.29, 0.717) is 48.9 Å². The predicted molar refractivity (Wildman–Crippen MR) is 113 cm³/mol. The van der Waals surface area contributed by atoms with Gasteiger partial charge in [-0.25, -0.2) is 4.98 Å². The first-order valence-electron chi connectivity index (χ1n) is 10.3. The van der Waals surface area contributed by atoms with E-state index in [9.17, 15) is 23.1 Å². The Morgan fingerprint density at radius 2 is 2.12 bits per heavy atom. The van der Waals surface area contributed by atoms with Crippen LogP contribution in [0.1, 0.15) is 37.9 Å². The van der Waals surface area contributed by atoms with Crippen molar-refractivity contribution in [2.75, 3.05) is 37.7 Å². The first-order valence-corrected chi connectivity index (χ1v) is 11.1. The summed E-state index contributed by atoms with van der Waals surface area (Å²) in [5, 5.41) is 20.2. The molecule has 2 saturated heterocycles. The largest absolute Gasteiger partial charge is 0.417 e. The zero-order valence-electron chi connectivity index (χ0n) is 17.7. The van der Waals surface area contributed by atoms with Crippen LogP contribution in [0.2, 0.25) is 0 Å². The maximum absolute atomic E-state index is 13.4. The second-order valence-corrected chi connectivity index (χ2v) is 9.80. The van der Waals surface area contributed by atoms with Crippen molar-refractivity contribution in [2.24, 2.45) is 11.3 Å². The molecule has 0 radical (unpaired) electrons. The number of piperidine rings is 1. The number of hydrogen-bond donors (Lipinski definition) is 1. The van der Waals surface area contributed by atoms with Gasteiger partial charge in [0.1, 0.15) is 4.88 Å². The second kappa shape index (κ2) is 8.05. The fraction of sp³-hybridized carbons (Fsp3) is 0.500. The number of aliphatic hydroxyl groups excluding tert-OH is 1. The summed E-state index contributed by atoms with van der Waals surface area (Å²) in [5.41, 5.74) is -0.947. The molecule has 1 amide bonds. The number of aromatic nitrogens is 1. The van der Waals surface area contributed by atoms with Crippen LogP contribution in [-0.4, -0.2) is 53.7 Å². The summed E-state index contributed by atoms with van der Waals surface area (Å²) in [4.78, 5) is 21.6. The summed E-state index contributed by atoms with van der Waals surface area (Å²) in [7, 11) is 0. The highest BCUT2D eigenvalue weighted by atomic mass is 32.1. The van der Waals surface area contributed by atoms with Crippen LogP contribution in [0.25, 0.3) is 0 Å². The number of benzene rings is 1. The molecule has 2 aromatic rings. The summed E-state index contributed by atoms with van der Waals surface area (Å²) < 4.78 is 40.3. The molecule has 2 aliphatic rings. The van der Waals surface area contributed by atoms with Gasteiger partial charge >= 0.3 is 6.18 Å². The fourth-order valence-corrected chi connectivity index (χ4v) is 5.81. The van der Waals surface area contributed by atoms with E-state index in [-0.39, 0.29) is 18.4 Å². The molecule has 1 aromatic heterocycles. The lowest BCUT2D eigenvalue weighted by Crippen LogP contribution is -2.51. The van der Waals surface area contributed by atoms with Gasteiger partial charge in [-0.15, -0.1) is 11.3 Å². The van der Waals surface area contributed by atoms with Crippen LogP contribution in [0, 0.1) is 36.5 Å². The molecule has 0 bridgehead atoms. The lowest BCUT2D eigenvalue weighted by Gasteiger charge is -2.44. The lowest BCUT2D eigenvalue weighted by molar-refractivity contribution is -0.137. The van der Waals surface area contributed by atoms with Crippen LogP contribution in [0.5, 0.6) is 0 Å². The summed E-state index contributed by atoms with van der Waals surface area (Å²) in [6.45, 7) is 5.16. The second-order valence-electron chi connectivity index (χ2n) is 8.60. The van der Waals surface area contributed by atoms with Crippen LogP contribution in [-0.2, 0) is 6.18 Å². The van der Waals surface area contributed by atoms with Crippen molar-refractivity contribution in [3.63, 3.8) is 0 Å². The summed E-state index contributed by atoms with van der Waals surface area (Å²) >= 11 is 1.35. The van der Waals surface area contributed by atoms with Gasteiger partial charge in [0.15, 0.2) is 0 Å². The molecular formula is C22H23F3N4O2S. The van der Waals surface area contributed by atoms with Crippen LogP contribution >= 0.6 is 11.3 Å². The van der Waals surface area contributed by atoms with E-state index in [2.05, 4.69) is 4.98 Å². The number of carbonyl (C=O) groups is 1. The summed E-state index contributed by atoms with van der Waals surface area (Å²) in [6.07, 6.45) is -3.98. The number of nitriles is 1. The van der Waals surface area contributed by atoms with E-state index >= 15 is 0 Å². The standard InChI is InChI=1S/C22H23F3N4O2S/c1-13-19(32-14(2)27-13)20(31)29-9-16-5-6-28(10-21(16,11-29)12-30)17-4-3-15(8-26)18(7-17)22(23,24)25/h3-4,7,16,30H,5-6,9-12H2,1-2H3/t16-,21+/m1/s1. The van der Waals surface area contributed by atoms with E-state index in [1.54, 1.807) is 17.9 Å². The summed E-state index contributed by atoms with van der Waals surface area (Å²) in [6, 6.07) is 5.31. The molecule has 32 heavy (non-hydrogen) atoms. The third-order valence-corrected chi connectivity index (χ3v) is 7.62. The number of hydrogen-bond acceptors (Lipinski definition) is 6. The highest BCUT2D eigenvalue weighted by Gasteiger charge is 2.51. The number of halogens is 3. The van der Waals surface area contributed by atoms with Crippen molar-refractivity contribution in [2.45, 2.75) is 26.4 Å². The van der Waals surface area contributed by atoms with Crippen LogP contribution in [0.3, 0.4) is 0 Å². The quantitative estimate of drug-likeness (QED) is 0.751. The number of anilines is 1. The van der Waals surface area contributed by atoms with Crippen molar-refractivity contribution in [3.8, 4) is 6.07 Å². The monoisotopic (exact) mass is 464 g/mol. The number of carbonyl (C=O) groups excluding carboxylic acids is 1. The molecule has 2 aliphatic heterocycles. The Morgan fingerprint density at radius 3 is 2.72 bits per heavy atom. The van der Waals surface area contributed by atoms with Crippen LogP contribution in [0.4, 0.5) is 18.9 Å². The van der Waals surface area contributed by atoms with Crippen LogP contribution in [0.15, 0.2) is 18.2 Å². The molecule has 6 nitrogen and oxygen atoms in total. The minimum atomic E-state index is -4.63. The fourth-order valence-electron chi connectivity index (χ4n) is 4.92. The Hall–Kier alpha value is -2.64. The maximum atomic E-state index is 13.4. The van der Waals surface area contributed by atoms with Crippen molar-refractivity contribution in [1.82, 2.24) is 9.88 Å². The molecule has 0 aliphatic carbocycles. The first kappa shape index (κ1) is 22.6. The van der Waals surface area contributed by atoms with Gasteiger partial charge in [0.2, 0.25) is 0 Å². The molecule has 3 heterocycles. The molecule has 10 heteroatoms. The SMILES string of the molecule is Cc1nc(C)c(C(=O)N2C[C@H]3CCN(c4ccc(C#N)c(C(F)(F)F)c4)C[C@@]3(CO)C2)s1. The van der Waals surface area contributed by atoms with Crippen molar-refractivity contribution in [3.05, 3.63) is 44.9 Å². The van der Waals surface area contributed by atoms with E-state index in [0.717, 1.165) is 11.1 Å². The van der Waals surface area contributed by atoms with Crippen molar-refractivity contribution in [1.29, 1.82) is 5.26 Å². The highest BCUT2D eigenvalue weighted by Crippen LogP contribution is 2.44. The topological polar surface area (TPSA) is 80.5 Å². The summed E-state index contributed by atoms with van der Waals surface area (Å²) in [5.74, 6) is -0.0536. The number of aryl methyl sites for hydroxylation is 2. The Kier molecular flexibility index (Phi) is 5.67.